The molecule has 1 aromatic heterocycles. The molecular formula is C23H16BrClN2O2S. The molecule has 7 heteroatoms. The van der Waals surface area contributed by atoms with Gasteiger partial charge in [0.15, 0.2) is 5.09 Å². The van der Waals surface area contributed by atoms with Crippen LogP contribution in [0.4, 0.5) is 0 Å². The van der Waals surface area contributed by atoms with Crippen LogP contribution in [0.1, 0.15) is 11.3 Å². The zero-order chi connectivity index (χ0) is 20.9. The normalized spacial score (nSPS) is 11.3. The van der Waals surface area contributed by atoms with Crippen molar-refractivity contribution in [2.24, 2.45) is 5.10 Å². The van der Waals surface area contributed by atoms with E-state index in [4.69, 9.17) is 16.0 Å². The minimum absolute atomic E-state index is 0.191. The second kappa shape index (κ2) is 9.51. The van der Waals surface area contributed by atoms with E-state index >= 15 is 0 Å². The molecule has 4 aromatic rings. The average Bonchev–Trinajstić information content (AvgIpc) is 3.09. The fourth-order valence-electron chi connectivity index (χ4n) is 2.94. The minimum Gasteiger partial charge on any atom is -0.447 e. The summed E-state index contributed by atoms with van der Waals surface area (Å²) in [6.07, 6.45) is 1.73. The van der Waals surface area contributed by atoms with Gasteiger partial charge in [0.25, 0.3) is 0 Å². The van der Waals surface area contributed by atoms with Gasteiger partial charge in [-0.05, 0) is 56.5 Å². The standard InChI is InChI=1S/C23H16BrClN2O2S/c24-21-13-18(29-23(21)30-19-10-8-17(25)9-11-19)14-26-27-22(28)12-16-6-3-5-15-4-1-2-7-20(15)16/h1-11,13-14H,12H2,(H,27,28). The van der Waals surface area contributed by atoms with Crippen LogP contribution in [0.15, 0.2) is 96.8 Å². The number of rotatable bonds is 6. The maximum Gasteiger partial charge on any atom is 0.244 e. The van der Waals surface area contributed by atoms with Gasteiger partial charge in [0.05, 0.1) is 17.1 Å². The van der Waals surface area contributed by atoms with Crippen molar-refractivity contribution in [3.63, 3.8) is 0 Å². The molecule has 150 valence electrons. The highest BCUT2D eigenvalue weighted by atomic mass is 79.9. The zero-order valence-electron chi connectivity index (χ0n) is 15.6. The third-order valence-electron chi connectivity index (χ3n) is 4.31. The lowest BCUT2D eigenvalue weighted by Crippen LogP contribution is -2.19. The number of carbonyl (C=O) groups is 1. The van der Waals surface area contributed by atoms with Crippen LogP contribution in [0.25, 0.3) is 10.8 Å². The van der Waals surface area contributed by atoms with Crippen LogP contribution in [0.3, 0.4) is 0 Å². The van der Waals surface area contributed by atoms with E-state index in [-0.39, 0.29) is 12.3 Å². The van der Waals surface area contributed by atoms with Crippen LogP contribution in [-0.4, -0.2) is 12.1 Å². The first-order chi connectivity index (χ1) is 14.6. The summed E-state index contributed by atoms with van der Waals surface area (Å²) in [7, 11) is 0. The van der Waals surface area contributed by atoms with Crippen LogP contribution in [0.2, 0.25) is 5.02 Å². The quantitative estimate of drug-likeness (QED) is 0.237. The van der Waals surface area contributed by atoms with Gasteiger partial charge >= 0.3 is 0 Å². The van der Waals surface area contributed by atoms with Gasteiger partial charge in [-0.1, -0.05) is 65.8 Å². The summed E-state index contributed by atoms with van der Waals surface area (Å²) >= 11 is 10.9. The molecule has 30 heavy (non-hydrogen) atoms. The molecule has 1 N–H and O–H groups in total. The monoisotopic (exact) mass is 498 g/mol. The molecule has 0 spiro atoms. The molecule has 0 atom stereocenters. The number of amides is 1. The third kappa shape index (κ3) is 5.14. The summed E-state index contributed by atoms with van der Waals surface area (Å²) in [5.41, 5.74) is 3.52. The van der Waals surface area contributed by atoms with E-state index in [0.29, 0.717) is 15.9 Å². The third-order valence-corrected chi connectivity index (χ3v) is 6.41. The van der Waals surface area contributed by atoms with Crippen molar-refractivity contribution in [2.45, 2.75) is 16.4 Å². The molecule has 1 heterocycles. The molecule has 0 bridgehead atoms. The second-order valence-electron chi connectivity index (χ2n) is 6.45. The molecule has 3 aromatic carbocycles. The topological polar surface area (TPSA) is 54.6 Å². The number of benzene rings is 3. The predicted molar refractivity (Wildman–Crippen MR) is 125 cm³/mol. The Morgan fingerprint density at radius 1 is 1.10 bits per heavy atom. The van der Waals surface area contributed by atoms with Gasteiger partial charge in [-0.2, -0.15) is 5.10 Å². The molecular weight excluding hydrogens is 484 g/mol. The lowest BCUT2D eigenvalue weighted by Gasteiger charge is -2.05. The van der Waals surface area contributed by atoms with Gasteiger partial charge in [0, 0.05) is 16.0 Å². The summed E-state index contributed by atoms with van der Waals surface area (Å²) in [5.74, 6) is 0.341. The fourth-order valence-corrected chi connectivity index (χ4v) is 4.39. The minimum atomic E-state index is -0.191. The Balaban J connectivity index is 1.38. The van der Waals surface area contributed by atoms with Crippen LogP contribution in [0.5, 0.6) is 0 Å². The van der Waals surface area contributed by atoms with Crippen LogP contribution in [0, 0.1) is 0 Å². The first-order valence-corrected chi connectivity index (χ1v) is 11.1. The first-order valence-electron chi connectivity index (χ1n) is 9.10. The van der Waals surface area contributed by atoms with Crippen molar-refractivity contribution in [2.75, 3.05) is 0 Å². The van der Waals surface area contributed by atoms with Crippen LogP contribution < -0.4 is 5.43 Å². The lowest BCUT2D eigenvalue weighted by atomic mass is 10.0. The number of nitrogens with one attached hydrogen (secondary N) is 1. The van der Waals surface area contributed by atoms with Crippen molar-refractivity contribution in [1.82, 2.24) is 5.43 Å². The lowest BCUT2D eigenvalue weighted by molar-refractivity contribution is -0.120. The molecule has 4 nitrogen and oxygen atoms in total. The molecule has 0 fully saturated rings. The van der Waals surface area contributed by atoms with Gasteiger partial charge in [-0.3, -0.25) is 4.79 Å². The fraction of sp³-hybridized carbons (Fsp3) is 0.0435. The summed E-state index contributed by atoms with van der Waals surface area (Å²) in [6.45, 7) is 0. The van der Waals surface area contributed by atoms with E-state index in [1.165, 1.54) is 18.0 Å². The van der Waals surface area contributed by atoms with E-state index in [9.17, 15) is 4.79 Å². The molecule has 0 saturated carbocycles. The van der Waals surface area contributed by atoms with Gasteiger partial charge in [-0.15, -0.1) is 0 Å². The number of hydrogen-bond donors (Lipinski definition) is 1. The number of carbonyl (C=O) groups excluding carboxylic acids is 1. The Morgan fingerprint density at radius 3 is 2.70 bits per heavy atom. The predicted octanol–water partition coefficient (Wildman–Crippen LogP) is 6.69. The van der Waals surface area contributed by atoms with Crippen molar-refractivity contribution < 1.29 is 9.21 Å². The highest BCUT2D eigenvalue weighted by Crippen LogP contribution is 2.35. The summed E-state index contributed by atoms with van der Waals surface area (Å²) < 4.78 is 6.60. The summed E-state index contributed by atoms with van der Waals surface area (Å²) in [6, 6.07) is 23.2. The van der Waals surface area contributed by atoms with E-state index in [1.54, 1.807) is 6.07 Å². The summed E-state index contributed by atoms with van der Waals surface area (Å²) in [4.78, 5) is 13.3. The Hall–Kier alpha value is -2.54. The molecule has 0 radical (unpaired) electrons. The Morgan fingerprint density at radius 2 is 1.87 bits per heavy atom. The zero-order valence-corrected chi connectivity index (χ0v) is 18.8. The second-order valence-corrected chi connectivity index (χ2v) is 8.79. The van der Waals surface area contributed by atoms with E-state index in [2.05, 4.69) is 26.5 Å². The number of hydrazone groups is 1. The van der Waals surface area contributed by atoms with Gasteiger partial charge in [-0.25, -0.2) is 5.43 Å². The SMILES string of the molecule is O=C(Cc1cccc2ccccc12)NN=Cc1cc(Br)c(Sc2ccc(Cl)cc2)o1. The van der Waals surface area contributed by atoms with Gasteiger partial charge in [0.2, 0.25) is 5.91 Å². The molecule has 1 amide bonds. The smallest absolute Gasteiger partial charge is 0.244 e. The summed E-state index contributed by atoms with van der Waals surface area (Å²) in [5, 5.41) is 7.58. The van der Waals surface area contributed by atoms with Crippen LogP contribution in [-0.2, 0) is 11.2 Å². The number of fused-ring (bicyclic) bond motifs is 1. The number of halogens is 2. The largest absolute Gasteiger partial charge is 0.447 e. The van der Waals surface area contributed by atoms with Crippen molar-refractivity contribution in [1.29, 1.82) is 0 Å². The van der Waals surface area contributed by atoms with Gasteiger partial charge < -0.3 is 4.42 Å². The maximum atomic E-state index is 12.3. The Labute approximate surface area is 191 Å². The molecule has 0 aliphatic heterocycles. The molecule has 0 unspecified atom stereocenters. The molecule has 0 saturated heterocycles. The highest BCUT2D eigenvalue weighted by Gasteiger charge is 2.10. The van der Waals surface area contributed by atoms with Crippen LogP contribution >= 0.6 is 39.3 Å². The molecule has 0 aliphatic carbocycles. The maximum absolute atomic E-state index is 12.3. The van der Waals surface area contributed by atoms with E-state index in [0.717, 1.165) is 25.7 Å². The molecule has 4 rings (SSSR count). The van der Waals surface area contributed by atoms with E-state index < -0.39 is 0 Å². The number of hydrogen-bond acceptors (Lipinski definition) is 4. The van der Waals surface area contributed by atoms with Crippen molar-refractivity contribution >= 4 is 62.2 Å². The highest BCUT2D eigenvalue weighted by molar-refractivity contribution is 9.10. The van der Waals surface area contributed by atoms with Crippen molar-refractivity contribution in [3.05, 3.63) is 93.6 Å². The Bertz CT molecular complexity index is 1220. The Kier molecular flexibility index (Phi) is 6.57. The molecule has 0 aliphatic rings. The van der Waals surface area contributed by atoms with Gasteiger partial charge in [0.1, 0.15) is 5.76 Å². The first kappa shape index (κ1) is 20.7. The average molecular weight is 500 g/mol. The number of nitrogens with zero attached hydrogens (tertiary/aromatic N) is 1. The van der Waals surface area contributed by atoms with Crippen molar-refractivity contribution in [3.8, 4) is 0 Å². The van der Waals surface area contributed by atoms with E-state index in [1.807, 2.05) is 66.7 Å². The number of furan rings is 1.